The lowest BCUT2D eigenvalue weighted by Crippen LogP contribution is -1.95. The van der Waals surface area contributed by atoms with Crippen molar-refractivity contribution in [2.75, 3.05) is 6.61 Å². The maximum atomic E-state index is 5.70. The molecule has 3 aromatic rings. The van der Waals surface area contributed by atoms with Crippen LogP contribution in [0.15, 0.2) is 53.6 Å². The van der Waals surface area contributed by atoms with E-state index in [1.807, 2.05) is 30.3 Å². The second-order valence-corrected chi connectivity index (χ2v) is 6.40. The van der Waals surface area contributed by atoms with E-state index in [4.69, 9.17) is 4.74 Å². The van der Waals surface area contributed by atoms with Crippen molar-refractivity contribution < 1.29 is 4.74 Å². The first-order valence-corrected chi connectivity index (χ1v) is 8.54. The van der Waals surface area contributed by atoms with Crippen LogP contribution in [0.3, 0.4) is 0 Å². The molecule has 0 bridgehead atoms. The summed E-state index contributed by atoms with van der Waals surface area (Å²) in [7, 11) is 0. The van der Waals surface area contributed by atoms with Crippen molar-refractivity contribution in [1.82, 2.24) is 20.2 Å². The fourth-order valence-corrected chi connectivity index (χ4v) is 2.54. The summed E-state index contributed by atoms with van der Waals surface area (Å²) in [5.41, 5.74) is 5.44. The van der Waals surface area contributed by atoms with Gasteiger partial charge in [0, 0.05) is 6.07 Å². The molecule has 2 N–H and O–H groups in total. The lowest BCUT2D eigenvalue weighted by Gasteiger charge is -2.01. The summed E-state index contributed by atoms with van der Waals surface area (Å²) in [5.74, 6) is 1.33. The predicted octanol–water partition coefficient (Wildman–Crippen LogP) is 5.02. The average molecular weight is 336 g/mol. The van der Waals surface area contributed by atoms with Gasteiger partial charge < -0.3 is 9.72 Å². The first-order valence-electron chi connectivity index (χ1n) is 8.54. The monoisotopic (exact) mass is 336 g/mol. The Bertz CT molecular complexity index is 864. The number of para-hydroxylation sites is 2. The van der Waals surface area contributed by atoms with Crippen molar-refractivity contribution >= 4 is 11.0 Å². The number of H-pyrrole nitrogens is 2. The van der Waals surface area contributed by atoms with Crippen LogP contribution in [-0.2, 0) is 0 Å². The third-order valence-electron chi connectivity index (χ3n) is 3.95. The number of benzene rings is 1. The number of allylic oxidation sites excluding steroid dienone is 3. The Hall–Kier alpha value is -2.82. The van der Waals surface area contributed by atoms with Gasteiger partial charge in [-0.25, -0.2) is 4.98 Å². The second-order valence-electron chi connectivity index (χ2n) is 6.40. The first-order chi connectivity index (χ1) is 12.1. The number of aromatic amines is 2. The van der Waals surface area contributed by atoms with E-state index < -0.39 is 0 Å². The van der Waals surface area contributed by atoms with Gasteiger partial charge in [0.25, 0.3) is 0 Å². The molecule has 0 amide bonds. The highest BCUT2D eigenvalue weighted by Gasteiger charge is 2.08. The molecule has 0 aliphatic heterocycles. The summed E-state index contributed by atoms with van der Waals surface area (Å²) >= 11 is 0. The van der Waals surface area contributed by atoms with Crippen LogP contribution >= 0.6 is 0 Å². The van der Waals surface area contributed by atoms with E-state index in [9.17, 15) is 0 Å². The molecule has 0 spiro atoms. The molecule has 1 aromatic carbocycles. The number of nitrogens with one attached hydrogen (secondary N) is 2. The van der Waals surface area contributed by atoms with Gasteiger partial charge in [0.1, 0.15) is 12.3 Å². The van der Waals surface area contributed by atoms with Crippen LogP contribution < -0.4 is 4.74 Å². The van der Waals surface area contributed by atoms with E-state index in [0.717, 1.165) is 35.4 Å². The van der Waals surface area contributed by atoms with Crippen LogP contribution in [0.1, 0.15) is 33.6 Å². The minimum atomic E-state index is 0.519. The number of hydrogen-bond acceptors (Lipinski definition) is 3. The van der Waals surface area contributed by atoms with Gasteiger partial charge in [-0.1, -0.05) is 29.4 Å². The molecule has 0 radical (unpaired) electrons. The Kier molecular flexibility index (Phi) is 5.33. The lowest BCUT2D eigenvalue weighted by molar-refractivity contribution is 0.346. The topological polar surface area (TPSA) is 66.6 Å². The van der Waals surface area contributed by atoms with Crippen molar-refractivity contribution in [2.45, 2.75) is 33.6 Å². The maximum Gasteiger partial charge on any atom is 0.233 e. The Balaban J connectivity index is 1.57. The van der Waals surface area contributed by atoms with E-state index in [1.165, 1.54) is 11.1 Å². The molecule has 130 valence electrons. The Morgan fingerprint density at radius 1 is 1.16 bits per heavy atom. The molecule has 0 aliphatic rings. The van der Waals surface area contributed by atoms with Crippen LogP contribution in [0.5, 0.6) is 5.88 Å². The normalized spacial score (nSPS) is 11.7. The number of fused-ring (bicyclic) bond motifs is 1. The SMILES string of the molecule is CC(C)=CCCC(C)=CCOc1cc(-c2nc3ccccc3[nH]2)[nH]n1. The standard InChI is InChI=1S/C20H24N4O/c1-14(2)7-6-8-15(3)11-12-25-19-13-18(23-24-19)20-21-16-9-4-5-10-17(16)22-20/h4-5,7,9-11,13H,6,8,12H2,1-3H3,(H,21,22)(H,23,24). The summed E-state index contributed by atoms with van der Waals surface area (Å²) in [6, 6.07) is 9.80. The van der Waals surface area contributed by atoms with Crippen LogP contribution in [-0.4, -0.2) is 26.8 Å². The summed E-state index contributed by atoms with van der Waals surface area (Å²) < 4.78 is 5.70. The zero-order valence-corrected chi connectivity index (χ0v) is 15.0. The highest BCUT2D eigenvalue weighted by Crippen LogP contribution is 2.21. The molecule has 25 heavy (non-hydrogen) atoms. The molecular weight excluding hydrogens is 312 g/mol. The van der Waals surface area contributed by atoms with Crippen LogP contribution in [0.25, 0.3) is 22.6 Å². The first kappa shape index (κ1) is 17.0. The molecule has 3 rings (SSSR count). The van der Waals surface area contributed by atoms with Gasteiger partial charge >= 0.3 is 0 Å². The van der Waals surface area contributed by atoms with Crippen molar-refractivity contribution in [3.63, 3.8) is 0 Å². The molecule has 0 aliphatic carbocycles. The third kappa shape index (κ3) is 4.59. The fourth-order valence-electron chi connectivity index (χ4n) is 2.54. The van der Waals surface area contributed by atoms with Gasteiger partial charge in [0.15, 0.2) is 5.82 Å². The van der Waals surface area contributed by atoms with Gasteiger partial charge in [-0.15, -0.1) is 5.10 Å². The number of ether oxygens (including phenoxy) is 1. The molecule has 0 saturated heterocycles. The smallest absolute Gasteiger partial charge is 0.233 e. The fraction of sp³-hybridized carbons (Fsp3) is 0.300. The number of rotatable bonds is 7. The summed E-state index contributed by atoms with van der Waals surface area (Å²) in [6.45, 7) is 6.90. The van der Waals surface area contributed by atoms with Crippen molar-refractivity contribution in [2.24, 2.45) is 0 Å². The predicted molar refractivity (Wildman–Crippen MR) is 102 cm³/mol. The van der Waals surface area contributed by atoms with E-state index >= 15 is 0 Å². The molecule has 0 atom stereocenters. The zero-order valence-electron chi connectivity index (χ0n) is 15.0. The largest absolute Gasteiger partial charge is 0.472 e. The number of nitrogens with zero attached hydrogens (tertiary/aromatic N) is 2. The van der Waals surface area contributed by atoms with Crippen molar-refractivity contribution in [3.8, 4) is 17.4 Å². The summed E-state index contributed by atoms with van der Waals surface area (Å²) in [6.07, 6.45) is 6.49. The van der Waals surface area contributed by atoms with E-state index in [0.29, 0.717) is 12.5 Å². The van der Waals surface area contributed by atoms with E-state index in [-0.39, 0.29) is 0 Å². The Morgan fingerprint density at radius 2 is 2.00 bits per heavy atom. The summed E-state index contributed by atoms with van der Waals surface area (Å²) in [4.78, 5) is 7.83. The van der Waals surface area contributed by atoms with Gasteiger partial charge in [-0.2, -0.15) is 0 Å². The van der Waals surface area contributed by atoms with E-state index in [1.54, 1.807) is 0 Å². The third-order valence-corrected chi connectivity index (χ3v) is 3.95. The number of imidazole rings is 1. The number of hydrogen-bond donors (Lipinski definition) is 2. The lowest BCUT2D eigenvalue weighted by atomic mass is 10.1. The molecule has 2 aromatic heterocycles. The Labute approximate surface area is 147 Å². The Morgan fingerprint density at radius 3 is 2.80 bits per heavy atom. The quantitative estimate of drug-likeness (QED) is 0.595. The minimum Gasteiger partial charge on any atom is -0.472 e. The van der Waals surface area contributed by atoms with Gasteiger partial charge in [0.05, 0.1) is 11.0 Å². The van der Waals surface area contributed by atoms with Crippen molar-refractivity contribution in [1.29, 1.82) is 0 Å². The average Bonchev–Trinajstić information content (AvgIpc) is 3.20. The molecule has 0 unspecified atom stereocenters. The van der Waals surface area contributed by atoms with Gasteiger partial charge in [-0.3, -0.25) is 5.10 Å². The van der Waals surface area contributed by atoms with Crippen LogP contribution in [0.2, 0.25) is 0 Å². The molecule has 5 nitrogen and oxygen atoms in total. The van der Waals surface area contributed by atoms with Crippen LogP contribution in [0.4, 0.5) is 0 Å². The highest BCUT2D eigenvalue weighted by atomic mass is 16.5. The number of aromatic nitrogens is 4. The van der Waals surface area contributed by atoms with Gasteiger partial charge in [-0.05, 0) is 51.8 Å². The van der Waals surface area contributed by atoms with Crippen molar-refractivity contribution in [3.05, 3.63) is 53.6 Å². The van der Waals surface area contributed by atoms with E-state index in [2.05, 4.69) is 53.1 Å². The van der Waals surface area contributed by atoms with Gasteiger partial charge in [0.2, 0.25) is 5.88 Å². The maximum absolute atomic E-state index is 5.70. The molecule has 2 heterocycles. The summed E-state index contributed by atoms with van der Waals surface area (Å²) in [5, 5.41) is 7.17. The molecule has 5 heteroatoms. The minimum absolute atomic E-state index is 0.519. The van der Waals surface area contributed by atoms with Crippen LogP contribution in [0, 0.1) is 0 Å². The second kappa shape index (κ2) is 7.83. The molecule has 0 fully saturated rings. The molecular formula is C20H24N4O. The molecule has 0 saturated carbocycles. The highest BCUT2D eigenvalue weighted by molar-refractivity contribution is 5.78. The zero-order chi connectivity index (χ0) is 17.6.